The largest absolute Gasteiger partial charge is 0.426 e. The standard InChI is InChI=1S/C16H21BNO2/c1-7-9-14-12(10-11-18-14)13(8-2)17-20-16(5,6)15(3,4)19/h2,7,9-11,18-19H,1H2,3-6H3/b13-12+,14-9+. The van der Waals surface area contributed by atoms with Crippen molar-refractivity contribution in [3.8, 4) is 12.3 Å². The number of aromatic amines is 1. The van der Waals surface area contributed by atoms with Crippen LogP contribution < -0.4 is 10.6 Å². The number of hydrogen-bond donors (Lipinski definition) is 2. The van der Waals surface area contributed by atoms with Crippen LogP contribution in [0.5, 0.6) is 0 Å². The number of H-pyrrole nitrogens is 1. The number of terminal acetylenes is 1. The Morgan fingerprint density at radius 3 is 2.65 bits per heavy atom. The summed E-state index contributed by atoms with van der Waals surface area (Å²) >= 11 is 0. The third-order valence-corrected chi connectivity index (χ3v) is 3.45. The summed E-state index contributed by atoms with van der Waals surface area (Å²) in [4.78, 5) is 3.08. The Morgan fingerprint density at radius 1 is 1.50 bits per heavy atom. The van der Waals surface area contributed by atoms with Crippen LogP contribution in [0.3, 0.4) is 0 Å². The Morgan fingerprint density at radius 2 is 2.15 bits per heavy atom. The lowest BCUT2D eigenvalue weighted by Crippen LogP contribution is -2.48. The van der Waals surface area contributed by atoms with E-state index in [1.165, 1.54) is 7.48 Å². The molecule has 4 heteroatoms. The molecule has 20 heavy (non-hydrogen) atoms. The van der Waals surface area contributed by atoms with Gasteiger partial charge in [0.05, 0.1) is 11.2 Å². The maximum absolute atomic E-state index is 10.1. The van der Waals surface area contributed by atoms with Crippen molar-refractivity contribution in [3.63, 3.8) is 0 Å². The fraction of sp³-hybridized carbons (Fsp3) is 0.375. The van der Waals surface area contributed by atoms with Gasteiger partial charge in [0.25, 0.3) is 0 Å². The van der Waals surface area contributed by atoms with Gasteiger partial charge in [-0.1, -0.05) is 18.6 Å². The zero-order valence-corrected chi connectivity index (χ0v) is 12.5. The van der Waals surface area contributed by atoms with Crippen molar-refractivity contribution in [3.05, 3.63) is 35.5 Å². The number of aromatic nitrogens is 1. The lowest BCUT2D eigenvalue weighted by atomic mass is 9.81. The molecule has 1 heterocycles. The average molecular weight is 270 g/mol. The quantitative estimate of drug-likeness (QED) is 0.617. The van der Waals surface area contributed by atoms with Gasteiger partial charge in [-0.15, -0.1) is 6.42 Å². The van der Waals surface area contributed by atoms with Gasteiger partial charge in [-0.05, 0) is 39.8 Å². The smallest absolute Gasteiger partial charge is 0.340 e. The Balaban J connectivity index is 3.13. The fourth-order valence-electron chi connectivity index (χ4n) is 1.40. The molecule has 1 radical (unpaired) electrons. The van der Waals surface area contributed by atoms with Crippen LogP contribution in [0.15, 0.2) is 24.9 Å². The highest BCUT2D eigenvalue weighted by Gasteiger charge is 2.35. The van der Waals surface area contributed by atoms with E-state index in [-0.39, 0.29) is 0 Å². The van der Waals surface area contributed by atoms with Crippen LogP contribution in [0.25, 0.3) is 11.5 Å². The summed E-state index contributed by atoms with van der Waals surface area (Å²) < 4.78 is 5.70. The minimum atomic E-state index is -0.989. The molecule has 0 saturated carbocycles. The minimum absolute atomic E-state index is 0.608. The van der Waals surface area contributed by atoms with Crippen molar-refractivity contribution in [1.82, 2.24) is 4.98 Å². The first-order valence-electron chi connectivity index (χ1n) is 6.43. The SMILES string of the molecule is C#C/C([B]OC(C)(C)C(C)(C)O)=c1/cc[nH]/c1=C/C=C. The van der Waals surface area contributed by atoms with Crippen LogP contribution in [-0.2, 0) is 4.65 Å². The second-order valence-electron chi connectivity index (χ2n) is 5.57. The number of rotatable bonds is 5. The van der Waals surface area contributed by atoms with Crippen molar-refractivity contribution in [2.75, 3.05) is 0 Å². The van der Waals surface area contributed by atoms with Crippen molar-refractivity contribution in [2.24, 2.45) is 0 Å². The summed E-state index contributed by atoms with van der Waals surface area (Å²) in [7, 11) is 1.52. The Labute approximate surface area is 121 Å². The molecule has 0 unspecified atom stereocenters. The maximum Gasteiger partial charge on any atom is 0.340 e. The van der Waals surface area contributed by atoms with E-state index in [1.54, 1.807) is 26.1 Å². The predicted octanol–water partition coefficient (Wildman–Crippen LogP) is 0.908. The molecule has 0 saturated heterocycles. The Bertz CT molecular complexity index is 627. The third kappa shape index (κ3) is 3.66. The zero-order valence-electron chi connectivity index (χ0n) is 12.5. The topological polar surface area (TPSA) is 45.2 Å². The van der Waals surface area contributed by atoms with E-state index in [9.17, 15) is 5.11 Å². The van der Waals surface area contributed by atoms with Crippen molar-refractivity contribution < 1.29 is 9.76 Å². The van der Waals surface area contributed by atoms with Gasteiger partial charge in [0.15, 0.2) is 0 Å². The van der Waals surface area contributed by atoms with Gasteiger partial charge in [-0.25, -0.2) is 0 Å². The maximum atomic E-state index is 10.1. The molecule has 0 aliphatic heterocycles. The average Bonchev–Trinajstić information content (AvgIpc) is 2.77. The van der Waals surface area contributed by atoms with E-state index < -0.39 is 11.2 Å². The first kappa shape index (κ1) is 16.4. The van der Waals surface area contributed by atoms with Crippen molar-refractivity contribution >= 4 is 19.0 Å². The molecule has 0 atom stereocenters. The van der Waals surface area contributed by atoms with Crippen LogP contribution in [-0.4, -0.2) is 28.8 Å². The molecule has 2 N–H and O–H groups in total. The van der Waals surface area contributed by atoms with E-state index >= 15 is 0 Å². The van der Waals surface area contributed by atoms with E-state index in [0.29, 0.717) is 5.47 Å². The summed E-state index contributed by atoms with van der Waals surface area (Å²) in [5.74, 6) is 2.61. The van der Waals surface area contributed by atoms with Gasteiger partial charge in [-0.3, -0.25) is 0 Å². The van der Waals surface area contributed by atoms with Crippen LogP contribution in [0, 0.1) is 12.3 Å². The van der Waals surface area contributed by atoms with Crippen LogP contribution >= 0.6 is 0 Å². The van der Waals surface area contributed by atoms with E-state index in [2.05, 4.69) is 17.5 Å². The molecule has 0 spiro atoms. The third-order valence-electron chi connectivity index (χ3n) is 3.45. The molecule has 0 aliphatic carbocycles. The summed E-state index contributed by atoms with van der Waals surface area (Å²) in [6.07, 6.45) is 10.9. The van der Waals surface area contributed by atoms with Crippen LogP contribution in [0.2, 0.25) is 0 Å². The number of nitrogens with one attached hydrogen (secondary N) is 1. The van der Waals surface area contributed by atoms with Gasteiger partial charge in [0, 0.05) is 22.2 Å². The molecular weight excluding hydrogens is 249 g/mol. The van der Waals surface area contributed by atoms with E-state index in [4.69, 9.17) is 11.1 Å². The van der Waals surface area contributed by atoms with Crippen LogP contribution in [0.1, 0.15) is 27.7 Å². The first-order valence-corrected chi connectivity index (χ1v) is 6.43. The molecule has 1 rings (SSSR count). The van der Waals surface area contributed by atoms with Crippen molar-refractivity contribution in [1.29, 1.82) is 0 Å². The van der Waals surface area contributed by atoms with Gasteiger partial charge in [0.2, 0.25) is 0 Å². The molecule has 0 aromatic carbocycles. The number of aliphatic hydroxyl groups is 1. The molecule has 0 fully saturated rings. The lowest BCUT2D eigenvalue weighted by Gasteiger charge is -2.37. The van der Waals surface area contributed by atoms with Gasteiger partial charge in [-0.2, -0.15) is 0 Å². The zero-order chi connectivity index (χ0) is 15.4. The molecule has 1 aromatic heterocycles. The second kappa shape index (κ2) is 6.17. The highest BCUT2D eigenvalue weighted by atomic mass is 16.5. The lowest BCUT2D eigenvalue weighted by molar-refractivity contribution is -0.0892. The van der Waals surface area contributed by atoms with Crippen LogP contribution in [0.4, 0.5) is 0 Å². The highest BCUT2D eigenvalue weighted by molar-refractivity contribution is 6.55. The summed E-state index contributed by atoms with van der Waals surface area (Å²) in [5.41, 5.74) is -1.14. The second-order valence-corrected chi connectivity index (χ2v) is 5.57. The predicted molar refractivity (Wildman–Crippen MR) is 84.2 cm³/mol. The summed E-state index contributed by atoms with van der Waals surface area (Å²) in [6, 6.07) is 1.88. The normalized spacial score (nSPS) is 14.7. The van der Waals surface area contributed by atoms with Crippen molar-refractivity contribution in [2.45, 2.75) is 38.9 Å². The summed E-state index contributed by atoms with van der Waals surface area (Å²) in [6.45, 7) is 10.7. The number of hydrogen-bond acceptors (Lipinski definition) is 2. The molecule has 3 nitrogen and oxygen atoms in total. The molecule has 0 amide bonds. The molecular formula is C16H21BNO2. The Kier molecular flexibility index (Phi) is 5.05. The highest BCUT2D eigenvalue weighted by Crippen LogP contribution is 2.24. The fourth-order valence-corrected chi connectivity index (χ4v) is 1.40. The minimum Gasteiger partial charge on any atom is -0.426 e. The molecule has 0 aliphatic rings. The first-order chi connectivity index (χ1) is 9.23. The van der Waals surface area contributed by atoms with E-state index in [1.807, 2.05) is 26.0 Å². The van der Waals surface area contributed by atoms with Gasteiger partial charge < -0.3 is 14.7 Å². The summed E-state index contributed by atoms with van der Waals surface area (Å²) in [5, 5.41) is 11.8. The molecule has 1 aromatic rings. The molecule has 0 bridgehead atoms. The van der Waals surface area contributed by atoms with Gasteiger partial charge >= 0.3 is 7.48 Å². The number of allylic oxidation sites excluding steroid dienone is 1. The Hall–Kier alpha value is -1.70. The van der Waals surface area contributed by atoms with Gasteiger partial charge in [0.1, 0.15) is 0 Å². The van der Waals surface area contributed by atoms with E-state index in [0.717, 1.165) is 10.6 Å². The molecule has 105 valence electrons. The monoisotopic (exact) mass is 270 g/mol.